The topological polar surface area (TPSA) is 74.7 Å². The third-order valence-electron chi connectivity index (χ3n) is 2.99. The number of nitrogens with two attached hydrogens (primary N) is 1. The van der Waals surface area contributed by atoms with Crippen molar-refractivity contribution in [1.29, 1.82) is 0 Å². The van der Waals surface area contributed by atoms with Crippen LogP contribution >= 0.6 is 11.6 Å². The molecule has 0 unspecified atom stereocenters. The third-order valence-corrected chi connectivity index (χ3v) is 3.22. The second-order valence-electron chi connectivity index (χ2n) is 4.84. The van der Waals surface area contributed by atoms with Gasteiger partial charge in [-0.05, 0) is 42.4 Å². The summed E-state index contributed by atoms with van der Waals surface area (Å²) in [4.78, 5) is 6.21. The van der Waals surface area contributed by atoms with Gasteiger partial charge in [0.1, 0.15) is 5.69 Å². The highest BCUT2D eigenvalue weighted by molar-refractivity contribution is 6.30. The number of hydrogen-bond acceptors (Lipinski definition) is 4. The van der Waals surface area contributed by atoms with Crippen LogP contribution in [-0.2, 0) is 13.1 Å². The van der Waals surface area contributed by atoms with Crippen LogP contribution < -0.4 is 5.73 Å². The van der Waals surface area contributed by atoms with Gasteiger partial charge in [0.05, 0.1) is 0 Å². The van der Waals surface area contributed by atoms with Gasteiger partial charge in [-0.3, -0.25) is 9.88 Å². The van der Waals surface area contributed by atoms with Crippen molar-refractivity contribution in [1.82, 2.24) is 9.88 Å². The second-order valence-corrected chi connectivity index (χ2v) is 5.27. The molecule has 1 aromatic heterocycles. The smallest absolute Gasteiger partial charge is 0.188 e. The lowest BCUT2D eigenvalue weighted by molar-refractivity contribution is 0.317. The molecule has 0 aliphatic heterocycles. The Morgan fingerprint density at radius 3 is 2.67 bits per heavy atom. The Kier molecular flexibility index (Phi) is 5.14. The number of oxime groups is 1. The summed E-state index contributed by atoms with van der Waals surface area (Å²) in [6.07, 6.45) is 1.65. The molecule has 0 radical (unpaired) electrons. The zero-order valence-corrected chi connectivity index (χ0v) is 12.5. The van der Waals surface area contributed by atoms with E-state index in [-0.39, 0.29) is 5.84 Å². The Morgan fingerprint density at radius 2 is 2.00 bits per heavy atom. The molecule has 6 heteroatoms. The molecule has 1 heterocycles. The molecule has 110 valence electrons. The van der Waals surface area contributed by atoms with Gasteiger partial charge in [-0.2, -0.15) is 0 Å². The number of nitrogens with zero attached hydrogens (tertiary/aromatic N) is 3. The van der Waals surface area contributed by atoms with E-state index in [2.05, 4.69) is 15.0 Å². The van der Waals surface area contributed by atoms with Crippen LogP contribution in [0.25, 0.3) is 0 Å². The molecule has 0 amide bonds. The predicted octanol–water partition coefficient (Wildman–Crippen LogP) is 2.46. The van der Waals surface area contributed by atoms with Gasteiger partial charge in [0.15, 0.2) is 5.84 Å². The van der Waals surface area contributed by atoms with Crippen LogP contribution in [0, 0.1) is 0 Å². The highest BCUT2D eigenvalue weighted by Crippen LogP contribution is 2.13. The minimum absolute atomic E-state index is 0.00865. The maximum Gasteiger partial charge on any atom is 0.188 e. The molecule has 3 N–H and O–H groups in total. The van der Waals surface area contributed by atoms with Crippen LogP contribution in [0.5, 0.6) is 0 Å². The summed E-state index contributed by atoms with van der Waals surface area (Å²) >= 11 is 5.98. The molecule has 2 rings (SSSR count). The van der Waals surface area contributed by atoms with E-state index in [1.165, 1.54) is 0 Å². The molecular weight excluding hydrogens is 288 g/mol. The van der Waals surface area contributed by atoms with Gasteiger partial charge in [0, 0.05) is 24.3 Å². The number of amidine groups is 1. The maximum absolute atomic E-state index is 8.68. The number of benzene rings is 1. The average Bonchev–Trinajstić information content (AvgIpc) is 2.46. The van der Waals surface area contributed by atoms with E-state index >= 15 is 0 Å². The Morgan fingerprint density at radius 1 is 1.29 bits per heavy atom. The van der Waals surface area contributed by atoms with E-state index < -0.39 is 0 Å². The van der Waals surface area contributed by atoms with E-state index in [1.54, 1.807) is 6.20 Å². The summed E-state index contributed by atoms with van der Waals surface area (Å²) in [5, 5.41) is 12.4. The van der Waals surface area contributed by atoms with Crippen molar-refractivity contribution in [2.75, 3.05) is 7.05 Å². The Balaban J connectivity index is 2.04. The summed E-state index contributed by atoms with van der Waals surface area (Å²) in [7, 11) is 2.02. The molecule has 1 aromatic carbocycles. The molecule has 0 bridgehead atoms. The highest BCUT2D eigenvalue weighted by Gasteiger charge is 2.06. The summed E-state index contributed by atoms with van der Waals surface area (Å²) in [6, 6.07) is 11.5. The lowest BCUT2D eigenvalue weighted by Crippen LogP contribution is -2.19. The van der Waals surface area contributed by atoms with Gasteiger partial charge < -0.3 is 10.9 Å². The summed E-state index contributed by atoms with van der Waals surface area (Å²) in [6.45, 7) is 1.50. The van der Waals surface area contributed by atoms with E-state index in [4.69, 9.17) is 22.5 Å². The van der Waals surface area contributed by atoms with Gasteiger partial charge in [0.25, 0.3) is 0 Å². The normalized spacial score (nSPS) is 11.9. The minimum atomic E-state index is 0.00865. The number of halogens is 1. The number of pyridine rings is 1. The minimum Gasteiger partial charge on any atom is -0.409 e. The molecule has 2 aromatic rings. The predicted molar refractivity (Wildman–Crippen MR) is 83.4 cm³/mol. The van der Waals surface area contributed by atoms with Crippen molar-refractivity contribution in [2.24, 2.45) is 10.9 Å². The number of aromatic nitrogens is 1. The van der Waals surface area contributed by atoms with E-state index in [9.17, 15) is 0 Å². The van der Waals surface area contributed by atoms with Crippen molar-refractivity contribution in [3.05, 3.63) is 64.4 Å². The quantitative estimate of drug-likeness (QED) is 0.385. The van der Waals surface area contributed by atoms with Crippen LogP contribution in [0.4, 0.5) is 0 Å². The molecule has 0 atom stereocenters. The molecule has 0 aliphatic carbocycles. The SMILES string of the molecule is CN(Cc1cccc(Cl)c1)Cc1ccnc(C(N)=NO)c1. The monoisotopic (exact) mass is 304 g/mol. The number of hydrogen-bond donors (Lipinski definition) is 2. The average molecular weight is 305 g/mol. The van der Waals surface area contributed by atoms with Crippen LogP contribution in [0.1, 0.15) is 16.8 Å². The van der Waals surface area contributed by atoms with Gasteiger partial charge >= 0.3 is 0 Å². The molecule has 0 saturated heterocycles. The van der Waals surface area contributed by atoms with Gasteiger partial charge in [0.2, 0.25) is 0 Å². The van der Waals surface area contributed by atoms with E-state index in [0.29, 0.717) is 5.69 Å². The zero-order valence-electron chi connectivity index (χ0n) is 11.7. The first-order valence-electron chi connectivity index (χ1n) is 6.44. The molecule has 0 spiro atoms. The van der Waals surface area contributed by atoms with Crippen molar-refractivity contribution in [3.63, 3.8) is 0 Å². The Hall–Kier alpha value is -2.11. The third kappa shape index (κ3) is 4.44. The Labute approximate surface area is 128 Å². The van der Waals surface area contributed by atoms with Crippen molar-refractivity contribution < 1.29 is 5.21 Å². The van der Waals surface area contributed by atoms with Gasteiger partial charge in [-0.15, -0.1) is 0 Å². The molecule has 0 aliphatic rings. The van der Waals surface area contributed by atoms with Gasteiger partial charge in [-0.25, -0.2) is 0 Å². The molecular formula is C15H17ClN4O. The maximum atomic E-state index is 8.68. The van der Waals surface area contributed by atoms with Gasteiger partial charge in [-0.1, -0.05) is 28.9 Å². The molecule has 0 saturated carbocycles. The molecule has 5 nitrogen and oxygen atoms in total. The van der Waals surface area contributed by atoms with Crippen molar-refractivity contribution in [3.8, 4) is 0 Å². The fraction of sp³-hybridized carbons (Fsp3) is 0.200. The van der Waals surface area contributed by atoms with Crippen molar-refractivity contribution >= 4 is 17.4 Å². The summed E-state index contributed by atoms with van der Waals surface area (Å²) in [5.41, 5.74) is 8.19. The van der Waals surface area contributed by atoms with Crippen LogP contribution in [0.2, 0.25) is 5.02 Å². The Bertz CT molecular complexity index is 645. The standard InChI is InChI=1S/C15H17ClN4O/c1-20(9-11-3-2-4-13(16)7-11)10-12-5-6-18-14(8-12)15(17)19-21/h2-8,21H,9-10H2,1H3,(H2,17,19). The lowest BCUT2D eigenvalue weighted by Gasteiger charge is -2.17. The van der Waals surface area contributed by atoms with Crippen LogP contribution in [0.15, 0.2) is 47.8 Å². The zero-order chi connectivity index (χ0) is 15.2. The van der Waals surface area contributed by atoms with E-state index in [0.717, 1.165) is 29.2 Å². The highest BCUT2D eigenvalue weighted by atomic mass is 35.5. The number of rotatable bonds is 5. The molecule has 21 heavy (non-hydrogen) atoms. The largest absolute Gasteiger partial charge is 0.409 e. The molecule has 0 fully saturated rings. The second kappa shape index (κ2) is 7.06. The lowest BCUT2D eigenvalue weighted by atomic mass is 10.2. The first kappa shape index (κ1) is 15.3. The fourth-order valence-electron chi connectivity index (χ4n) is 2.08. The van der Waals surface area contributed by atoms with Crippen molar-refractivity contribution in [2.45, 2.75) is 13.1 Å². The van der Waals surface area contributed by atoms with Crippen LogP contribution in [-0.4, -0.2) is 28.0 Å². The van der Waals surface area contributed by atoms with E-state index in [1.807, 2.05) is 43.4 Å². The first-order chi connectivity index (χ1) is 10.1. The summed E-state index contributed by atoms with van der Waals surface area (Å²) < 4.78 is 0. The summed E-state index contributed by atoms with van der Waals surface area (Å²) in [5.74, 6) is 0.00865. The first-order valence-corrected chi connectivity index (χ1v) is 6.82. The van der Waals surface area contributed by atoms with Crippen LogP contribution in [0.3, 0.4) is 0 Å². The fourth-order valence-corrected chi connectivity index (χ4v) is 2.29.